The molecule has 0 aliphatic rings. The minimum Gasteiger partial charge on any atom is -0.399 e. The van der Waals surface area contributed by atoms with Crippen LogP contribution < -0.4 is 4.74 Å². The number of rotatable bonds is 2. The van der Waals surface area contributed by atoms with Crippen LogP contribution in [0, 0.1) is 21.4 Å². The average Bonchev–Trinajstić information content (AvgIpc) is 2.18. The van der Waals surface area contributed by atoms with Gasteiger partial charge < -0.3 is 14.9 Å². The summed E-state index contributed by atoms with van der Waals surface area (Å²) in [7, 11) is 0. The van der Waals surface area contributed by atoms with Crippen LogP contribution in [0.3, 0.4) is 0 Å². The minimum atomic E-state index is -5.02. The molecule has 10 heteroatoms. The summed E-state index contributed by atoms with van der Waals surface area (Å²) >= 11 is 2.57. The lowest BCUT2D eigenvalue weighted by Gasteiger charge is -2.09. The summed E-state index contributed by atoms with van der Waals surface area (Å²) in [5.41, 5.74) is -0.643. The van der Waals surface area contributed by atoms with Crippen molar-refractivity contribution < 1.29 is 22.8 Å². The van der Waals surface area contributed by atoms with Crippen molar-refractivity contribution in [3.8, 4) is 11.8 Å². The van der Waals surface area contributed by atoms with Gasteiger partial charge in [-0.3, -0.25) is 0 Å². The monoisotopic (exact) mass is 311 g/mol. The van der Waals surface area contributed by atoms with Gasteiger partial charge >= 0.3 is 12.2 Å². The molecule has 1 aromatic rings. The fraction of sp³-hybridized carbons (Fsp3) is 0.143. The summed E-state index contributed by atoms with van der Waals surface area (Å²) in [5, 5.41) is 18.9. The molecule has 0 N–H and O–H groups in total. The molecule has 0 amide bonds. The van der Waals surface area contributed by atoms with E-state index in [2.05, 4.69) is 25.7 Å². The van der Waals surface area contributed by atoms with Gasteiger partial charge in [-0.1, -0.05) is 0 Å². The molecule has 1 rings (SSSR count). The van der Waals surface area contributed by atoms with Crippen LogP contribution >= 0.6 is 15.9 Å². The first kappa shape index (κ1) is 13.2. The van der Waals surface area contributed by atoms with Crippen molar-refractivity contribution in [1.82, 2.24) is 4.98 Å². The summed E-state index contributed by atoms with van der Waals surface area (Å²) in [6.45, 7) is 0. The zero-order valence-corrected chi connectivity index (χ0v) is 9.24. The molecule has 0 aliphatic carbocycles. The molecule has 0 aliphatic heterocycles. The number of aromatic nitrogens is 1. The standard InChI is InChI=1S/C7HBrF3N3O3/c8-6-5(17-7(9,10)11)3(2-12)1-4(13-6)14(15)16/h1H. The van der Waals surface area contributed by atoms with Crippen molar-refractivity contribution >= 4 is 21.7 Å². The summed E-state index contributed by atoms with van der Waals surface area (Å²) in [6, 6.07) is 1.94. The largest absolute Gasteiger partial charge is 0.573 e. The molecular formula is C7HBrF3N3O3. The lowest BCUT2D eigenvalue weighted by molar-refractivity contribution is -0.389. The molecule has 0 atom stereocenters. The fourth-order valence-electron chi connectivity index (χ4n) is 0.879. The average molecular weight is 312 g/mol. The molecule has 0 fully saturated rings. The third-order valence-electron chi connectivity index (χ3n) is 1.44. The first-order chi connectivity index (χ1) is 7.74. The van der Waals surface area contributed by atoms with Gasteiger partial charge in [0.2, 0.25) is 5.75 Å². The number of alkyl halides is 3. The molecule has 0 radical (unpaired) electrons. The molecule has 1 heterocycles. The maximum absolute atomic E-state index is 12.0. The van der Waals surface area contributed by atoms with Gasteiger partial charge in [0.25, 0.3) is 4.60 Å². The first-order valence-electron chi connectivity index (χ1n) is 3.75. The van der Waals surface area contributed by atoms with E-state index in [4.69, 9.17) is 5.26 Å². The molecule has 0 saturated carbocycles. The van der Waals surface area contributed by atoms with E-state index in [0.29, 0.717) is 6.07 Å². The van der Waals surface area contributed by atoms with Crippen LogP contribution in [0.25, 0.3) is 0 Å². The maximum atomic E-state index is 12.0. The molecule has 1 aromatic heterocycles. The van der Waals surface area contributed by atoms with E-state index in [9.17, 15) is 23.3 Å². The Bertz CT molecular complexity index is 512. The molecule has 90 valence electrons. The molecule has 0 saturated heterocycles. The van der Waals surface area contributed by atoms with E-state index < -0.39 is 33.0 Å². The van der Waals surface area contributed by atoms with E-state index in [-0.39, 0.29) is 0 Å². The maximum Gasteiger partial charge on any atom is 0.573 e. The number of hydrogen-bond acceptors (Lipinski definition) is 5. The van der Waals surface area contributed by atoms with Crippen molar-refractivity contribution in [3.63, 3.8) is 0 Å². The van der Waals surface area contributed by atoms with Gasteiger partial charge in [-0.05, 0) is 9.91 Å². The Balaban J connectivity index is 3.33. The Labute approximate surface area is 99.9 Å². The second-order valence-electron chi connectivity index (χ2n) is 2.56. The number of pyridine rings is 1. The third-order valence-corrected chi connectivity index (χ3v) is 1.98. The number of halogens is 4. The van der Waals surface area contributed by atoms with E-state index in [1.165, 1.54) is 6.07 Å². The highest BCUT2D eigenvalue weighted by Gasteiger charge is 2.35. The quantitative estimate of drug-likeness (QED) is 0.475. The number of nitriles is 1. The van der Waals surface area contributed by atoms with E-state index in [0.717, 1.165) is 0 Å². The van der Waals surface area contributed by atoms with Crippen molar-refractivity contribution in [2.45, 2.75) is 6.36 Å². The molecule has 17 heavy (non-hydrogen) atoms. The predicted octanol–water partition coefficient (Wildman–Crippen LogP) is 2.52. The SMILES string of the molecule is N#Cc1cc([N+](=O)[O-])nc(Br)c1OC(F)(F)F. The van der Waals surface area contributed by atoms with Crippen LogP contribution in [0.1, 0.15) is 5.56 Å². The molecule has 0 aromatic carbocycles. The predicted molar refractivity (Wildman–Crippen MR) is 50.0 cm³/mol. The van der Waals surface area contributed by atoms with Crippen molar-refractivity contribution in [1.29, 1.82) is 5.26 Å². The molecule has 0 bridgehead atoms. The third kappa shape index (κ3) is 3.28. The van der Waals surface area contributed by atoms with Crippen molar-refractivity contribution in [2.24, 2.45) is 0 Å². The lowest BCUT2D eigenvalue weighted by Crippen LogP contribution is -2.18. The minimum absolute atomic E-state index is 0.569. The van der Waals surface area contributed by atoms with Crippen LogP contribution in [0.15, 0.2) is 10.7 Å². The summed E-state index contributed by atoms with van der Waals surface area (Å²) in [6.07, 6.45) is -5.02. The van der Waals surface area contributed by atoms with Gasteiger partial charge in [-0.25, -0.2) is 0 Å². The number of hydrogen-bond donors (Lipinski definition) is 0. The molecule has 6 nitrogen and oxygen atoms in total. The highest BCUT2D eigenvalue weighted by Crippen LogP contribution is 2.34. The smallest absolute Gasteiger partial charge is 0.399 e. The number of nitrogens with zero attached hydrogens (tertiary/aromatic N) is 3. The fourth-order valence-corrected chi connectivity index (χ4v) is 1.35. The van der Waals surface area contributed by atoms with E-state index in [1.807, 2.05) is 0 Å². The lowest BCUT2D eigenvalue weighted by atomic mass is 10.2. The van der Waals surface area contributed by atoms with Gasteiger partial charge in [0.1, 0.15) is 11.6 Å². The van der Waals surface area contributed by atoms with Crippen LogP contribution in [-0.4, -0.2) is 16.3 Å². The second kappa shape index (κ2) is 4.54. The highest BCUT2D eigenvalue weighted by molar-refractivity contribution is 9.10. The summed E-state index contributed by atoms with van der Waals surface area (Å²) in [4.78, 5) is 12.6. The van der Waals surface area contributed by atoms with Crippen molar-refractivity contribution in [3.05, 3.63) is 26.3 Å². The number of nitro groups is 1. The highest BCUT2D eigenvalue weighted by atomic mass is 79.9. The van der Waals surface area contributed by atoms with Gasteiger partial charge in [0, 0.05) is 15.9 Å². The van der Waals surface area contributed by atoms with Crippen LogP contribution in [0.5, 0.6) is 5.75 Å². The zero-order valence-electron chi connectivity index (χ0n) is 7.66. The summed E-state index contributed by atoms with van der Waals surface area (Å²) in [5.74, 6) is -1.67. The first-order valence-corrected chi connectivity index (χ1v) is 4.54. The van der Waals surface area contributed by atoms with Crippen LogP contribution in [0.2, 0.25) is 0 Å². The Hall–Kier alpha value is -1.89. The van der Waals surface area contributed by atoms with Crippen LogP contribution in [-0.2, 0) is 0 Å². The normalized spacial score (nSPS) is 10.8. The molecule has 0 unspecified atom stereocenters. The zero-order chi connectivity index (χ0) is 13.2. The van der Waals surface area contributed by atoms with E-state index in [1.54, 1.807) is 0 Å². The second-order valence-corrected chi connectivity index (χ2v) is 3.32. The van der Waals surface area contributed by atoms with Gasteiger partial charge in [-0.15, -0.1) is 13.2 Å². The number of ether oxygens (including phenoxy) is 1. The Morgan fingerprint density at radius 1 is 1.59 bits per heavy atom. The van der Waals surface area contributed by atoms with Gasteiger partial charge in [0.15, 0.2) is 0 Å². The Morgan fingerprint density at radius 2 is 2.18 bits per heavy atom. The Kier molecular flexibility index (Phi) is 3.52. The Morgan fingerprint density at radius 3 is 2.59 bits per heavy atom. The molecular weight excluding hydrogens is 311 g/mol. The molecule has 0 spiro atoms. The summed E-state index contributed by atoms with van der Waals surface area (Å²) < 4.78 is 38.9. The van der Waals surface area contributed by atoms with Gasteiger partial charge in [0.05, 0.1) is 6.07 Å². The van der Waals surface area contributed by atoms with Crippen LogP contribution in [0.4, 0.5) is 19.0 Å². The van der Waals surface area contributed by atoms with Gasteiger partial charge in [-0.2, -0.15) is 5.26 Å². The topological polar surface area (TPSA) is 89.0 Å². The van der Waals surface area contributed by atoms with Crippen molar-refractivity contribution in [2.75, 3.05) is 0 Å². The van der Waals surface area contributed by atoms with E-state index >= 15 is 0 Å².